The number of benzene rings is 2. The number of piperidine rings is 2. The molecule has 16 heteroatoms. The fourth-order valence-corrected chi connectivity index (χ4v) is 9.63. The minimum atomic E-state index is -2.96. The van der Waals surface area contributed by atoms with Crippen molar-refractivity contribution in [2.75, 3.05) is 60.9 Å². The molecule has 0 saturated carbocycles. The topological polar surface area (TPSA) is 137 Å². The van der Waals surface area contributed by atoms with Crippen LogP contribution in [0.5, 0.6) is 0 Å². The first-order valence-corrected chi connectivity index (χ1v) is 18.9. The van der Waals surface area contributed by atoms with Gasteiger partial charge in [0.05, 0.1) is 34.8 Å². The van der Waals surface area contributed by atoms with Crippen LogP contribution in [-0.4, -0.2) is 101 Å². The van der Waals surface area contributed by atoms with E-state index in [4.69, 9.17) is 4.98 Å². The van der Waals surface area contributed by atoms with Gasteiger partial charge in [0, 0.05) is 79.9 Å². The number of hydrogen-bond donors (Lipinski definition) is 3. The van der Waals surface area contributed by atoms with Crippen molar-refractivity contribution in [3.05, 3.63) is 57.8 Å². The fraction of sp³-hybridized carbons (Fsp3) is 0.432. The molecule has 4 aliphatic heterocycles. The molecule has 0 aliphatic carbocycles. The number of carbonyl (C=O) groups is 3. The Morgan fingerprint density at radius 3 is 2.51 bits per heavy atom. The van der Waals surface area contributed by atoms with E-state index < -0.39 is 30.5 Å². The quantitative estimate of drug-likeness (QED) is 0.236. The van der Waals surface area contributed by atoms with Crippen LogP contribution in [-0.2, 0) is 16.6 Å². The Morgan fingerprint density at radius 2 is 1.74 bits per heavy atom. The van der Waals surface area contributed by atoms with Crippen LogP contribution in [0.2, 0.25) is 0 Å². The van der Waals surface area contributed by atoms with Gasteiger partial charge in [0.15, 0.2) is 0 Å². The van der Waals surface area contributed by atoms with Crippen LogP contribution in [0.1, 0.15) is 41.9 Å². The molecule has 2 aromatic carbocycles. The second-order valence-electron chi connectivity index (χ2n) is 14.6. The molecule has 3 aromatic heterocycles. The van der Waals surface area contributed by atoms with E-state index in [1.165, 1.54) is 20.5 Å². The number of amides is 3. The zero-order valence-electron chi connectivity index (χ0n) is 29.3. The van der Waals surface area contributed by atoms with Gasteiger partial charge in [-0.3, -0.25) is 33.7 Å². The number of fused-ring (bicyclic) bond motifs is 6. The number of imide groups is 1. The molecule has 0 radical (unpaired) electrons. The van der Waals surface area contributed by atoms with Crippen molar-refractivity contribution in [1.29, 1.82) is 0 Å². The van der Waals surface area contributed by atoms with Gasteiger partial charge in [-0.15, -0.1) is 11.3 Å². The number of nitrogens with one attached hydrogen (secondary N) is 3. The molecular formula is C37H39F2N9O4S. The number of carbonyl (C=O) groups excluding carboxylic acids is 3. The normalized spacial score (nSPS) is 23.9. The van der Waals surface area contributed by atoms with Crippen LogP contribution in [0.25, 0.3) is 32.0 Å². The highest BCUT2D eigenvalue weighted by molar-refractivity contribution is 7.21. The number of hydrogen-bond acceptors (Lipinski definition) is 10. The van der Waals surface area contributed by atoms with Crippen LogP contribution in [0.4, 0.5) is 26.0 Å². The lowest BCUT2D eigenvalue weighted by Gasteiger charge is -2.47. The molecule has 3 saturated heterocycles. The van der Waals surface area contributed by atoms with Crippen LogP contribution < -0.4 is 31.4 Å². The van der Waals surface area contributed by atoms with Gasteiger partial charge in [-0.25, -0.2) is 18.6 Å². The fourth-order valence-electron chi connectivity index (χ4n) is 8.53. The van der Waals surface area contributed by atoms with Crippen LogP contribution in [0.15, 0.2) is 47.3 Å². The van der Waals surface area contributed by atoms with Gasteiger partial charge in [-0.2, -0.15) is 0 Å². The maximum Gasteiger partial charge on any atom is 0.329 e. The van der Waals surface area contributed by atoms with Gasteiger partial charge in [-0.05, 0) is 62.2 Å². The average Bonchev–Trinajstić information content (AvgIpc) is 3.59. The summed E-state index contributed by atoms with van der Waals surface area (Å²) in [5, 5.41) is 10.6. The molecule has 3 amide bonds. The Bertz CT molecular complexity index is 2400. The zero-order chi connectivity index (χ0) is 36.8. The average molecular weight is 744 g/mol. The summed E-state index contributed by atoms with van der Waals surface area (Å²) >= 11 is 1.44. The Hall–Kier alpha value is -5.09. The number of aryl methyl sites for hydroxylation is 1. The number of alkyl halides is 2. The predicted octanol–water partition coefficient (Wildman–Crippen LogP) is 3.66. The number of halogens is 2. The molecule has 0 spiro atoms. The van der Waals surface area contributed by atoms with Crippen molar-refractivity contribution in [3.63, 3.8) is 0 Å². The number of pyridine rings is 1. The monoisotopic (exact) mass is 743 g/mol. The number of anilines is 3. The number of thiophene rings is 1. The first kappa shape index (κ1) is 33.7. The molecule has 0 bridgehead atoms. The first-order valence-electron chi connectivity index (χ1n) is 18.0. The summed E-state index contributed by atoms with van der Waals surface area (Å²) in [6, 6.07) is 11.6. The van der Waals surface area contributed by atoms with Gasteiger partial charge in [-0.1, -0.05) is 0 Å². The van der Waals surface area contributed by atoms with Gasteiger partial charge in [0.1, 0.15) is 16.7 Å². The number of piperazine rings is 1. The van der Waals surface area contributed by atoms with Crippen LogP contribution in [0, 0.1) is 0 Å². The summed E-state index contributed by atoms with van der Waals surface area (Å²) in [6.07, 6.45) is 0.722. The van der Waals surface area contributed by atoms with Crippen molar-refractivity contribution in [1.82, 2.24) is 29.7 Å². The number of nitrogens with zero attached hydrogens (tertiary/aromatic N) is 6. The second kappa shape index (κ2) is 12.5. The molecule has 53 heavy (non-hydrogen) atoms. The smallest absolute Gasteiger partial charge is 0.329 e. The van der Waals surface area contributed by atoms with Gasteiger partial charge >= 0.3 is 5.69 Å². The highest BCUT2D eigenvalue weighted by Crippen LogP contribution is 2.42. The van der Waals surface area contributed by atoms with E-state index in [0.29, 0.717) is 72.9 Å². The minimum absolute atomic E-state index is 0.00739. The molecule has 13 nitrogen and oxygen atoms in total. The Balaban J connectivity index is 0.886. The lowest BCUT2D eigenvalue weighted by atomic mass is 9.97. The van der Waals surface area contributed by atoms with E-state index in [-0.39, 0.29) is 36.4 Å². The molecule has 3 atom stereocenters. The molecular weight excluding hydrogens is 705 g/mol. The van der Waals surface area contributed by atoms with E-state index in [2.05, 4.69) is 20.9 Å². The van der Waals surface area contributed by atoms with Gasteiger partial charge in [0.2, 0.25) is 11.8 Å². The number of aromatic nitrogens is 3. The highest BCUT2D eigenvalue weighted by atomic mass is 32.1. The summed E-state index contributed by atoms with van der Waals surface area (Å²) in [7, 11) is 1.66. The molecule has 3 N–H and O–H groups in total. The number of rotatable bonds is 4. The molecule has 1 unspecified atom stereocenters. The van der Waals surface area contributed by atoms with E-state index in [1.807, 2.05) is 54.3 Å². The lowest BCUT2D eigenvalue weighted by Crippen LogP contribution is -2.62. The van der Waals surface area contributed by atoms with E-state index in [9.17, 15) is 19.2 Å². The SMILES string of the molecule is C[C@@H]1CNc2c(sc3ccc4nc(N5CC[C@H](N6CCN(c7ccc8c(c7)n(C)c(=O)n8C7CCC(=O)NC7=O)CC6)C(F)(F)C5)ccc4c23)C(=O)N1. The summed E-state index contributed by atoms with van der Waals surface area (Å²) in [4.78, 5) is 61.5. The largest absolute Gasteiger partial charge is 0.381 e. The van der Waals surface area contributed by atoms with Crippen molar-refractivity contribution in [2.45, 2.75) is 50.2 Å². The summed E-state index contributed by atoms with van der Waals surface area (Å²) in [5.74, 6) is -3.37. The summed E-state index contributed by atoms with van der Waals surface area (Å²) in [6.45, 7) is 4.60. The summed E-state index contributed by atoms with van der Waals surface area (Å²) < 4.78 is 35.9. The van der Waals surface area contributed by atoms with E-state index >= 15 is 8.78 Å². The standard InChI is InChI=1S/C37H39F2N9O4S/c1-20-18-40-32-31-22-4-9-29(42-23(22)5-8-27(31)53-33(32)35(51)41-20)47-12-11-28(37(38,39)19-47)46-15-13-45(14-16-46)21-3-6-24-26(17-21)44(2)36(52)48(24)25-7-10-30(49)43-34(25)50/h3-6,8-9,17,20,25,28,40H,7,10-16,18-19H2,1-2H3,(H,41,51)(H,43,49,50)/t20-,25?,28+/m1/s1. The predicted molar refractivity (Wildman–Crippen MR) is 200 cm³/mol. The van der Waals surface area contributed by atoms with Crippen molar-refractivity contribution >= 4 is 78.3 Å². The third-order valence-corrected chi connectivity index (χ3v) is 12.4. The van der Waals surface area contributed by atoms with Crippen LogP contribution >= 0.6 is 11.3 Å². The van der Waals surface area contributed by atoms with Crippen molar-refractivity contribution in [3.8, 4) is 0 Å². The molecule has 9 rings (SSSR count). The zero-order valence-corrected chi connectivity index (χ0v) is 30.1. The third kappa shape index (κ3) is 5.61. The Morgan fingerprint density at radius 1 is 0.925 bits per heavy atom. The molecule has 5 aromatic rings. The maximum atomic E-state index is 16.0. The molecule has 7 heterocycles. The van der Waals surface area contributed by atoms with Crippen molar-refractivity contribution in [2.24, 2.45) is 7.05 Å². The minimum Gasteiger partial charge on any atom is -0.381 e. The molecule has 276 valence electrons. The second-order valence-corrected chi connectivity index (χ2v) is 15.7. The third-order valence-electron chi connectivity index (χ3n) is 11.3. The summed E-state index contributed by atoms with van der Waals surface area (Å²) in [5.41, 5.74) is 3.31. The lowest BCUT2D eigenvalue weighted by molar-refractivity contribution is -0.135. The first-order chi connectivity index (χ1) is 25.5. The van der Waals surface area contributed by atoms with Crippen molar-refractivity contribution < 1.29 is 23.2 Å². The van der Waals surface area contributed by atoms with E-state index in [1.54, 1.807) is 11.9 Å². The van der Waals surface area contributed by atoms with Gasteiger partial charge < -0.3 is 20.4 Å². The Labute approximate surface area is 306 Å². The molecule has 3 fully saturated rings. The molecule has 4 aliphatic rings. The highest BCUT2D eigenvalue weighted by Gasteiger charge is 2.48. The Kier molecular flexibility index (Phi) is 7.96. The van der Waals surface area contributed by atoms with Crippen LogP contribution in [0.3, 0.4) is 0 Å². The van der Waals surface area contributed by atoms with E-state index in [0.717, 1.165) is 26.8 Å². The van der Waals surface area contributed by atoms with Gasteiger partial charge in [0.25, 0.3) is 11.8 Å². The maximum absolute atomic E-state index is 16.0. The number of imidazole rings is 1.